The van der Waals surface area contributed by atoms with Crippen LogP contribution in [-0.2, 0) is 4.79 Å². The molecule has 1 aromatic carbocycles. The van der Waals surface area contributed by atoms with Crippen LogP contribution in [0.4, 0.5) is 0 Å². The van der Waals surface area contributed by atoms with Crippen molar-refractivity contribution in [2.75, 3.05) is 14.1 Å². The quantitative estimate of drug-likeness (QED) is 0.853. The number of amides is 1. The lowest BCUT2D eigenvalue weighted by molar-refractivity contribution is -0.125. The summed E-state index contributed by atoms with van der Waals surface area (Å²) in [6.45, 7) is 0. The van der Waals surface area contributed by atoms with Crippen LogP contribution in [0.15, 0.2) is 30.3 Å². The minimum absolute atomic E-state index is 0.201. The first-order valence-corrected chi connectivity index (χ1v) is 5.29. The van der Waals surface area contributed by atoms with E-state index in [2.05, 4.69) is 4.98 Å². The average Bonchev–Trinajstić information content (AvgIpc) is 2.70. The third-order valence-corrected chi connectivity index (χ3v) is 2.73. The number of H-pyrrole nitrogens is 1. The molecule has 1 heterocycles. The Morgan fingerprint density at radius 1 is 1.31 bits per heavy atom. The van der Waals surface area contributed by atoms with E-state index in [4.69, 9.17) is 11.6 Å². The van der Waals surface area contributed by atoms with E-state index in [1.54, 1.807) is 14.1 Å². The predicted molar refractivity (Wildman–Crippen MR) is 65.2 cm³/mol. The van der Waals surface area contributed by atoms with Gasteiger partial charge in [-0.05, 0) is 17.5 Å². The number of rotatable bonds is 2. The number of para-hydroxylation sites is 1. The molecular formula is C12H12ClN2O. The van der Waals surface area contributed by atoms with Crippen LogP contribution in [0.3, 0.4) is 0 Å². The molecule has 0 atom stereocenters. The van der Waals surface area contributed by atoms with Gasteiger partial charge in [-0.25, -0.2) is 0 Å². The standard InChI is InChI=1S/C12H12ClN2O/c1-15(2)12(16)11(13)10-7-8-5-3-4-6-9(8)14-10/h3-7,14H,1-2H3. The van der Waals surface area contributed by atoms with E-state index in [9.17, 15) is 4.79 Å². The normalized spacial score (nSPS) is 11.0. The topological polar surface area (TPSA) is 36.1 Å². The third-order valence-electron chi connectivity index (χ3n) is 2.36. The zero-order valence-corrected chi connectivity index (χ0v) is 9.88. The third kappa shape index (κ3) is 1.91. The SMILES string of the molecule is CN(C)C(=O)[C](Cl)c1cc2ccccc2[nH]1. The lowest BCUT2D eigenvalue weighted by Gasteiger charge is -2.12. The number of halogens is 1. The van der Waals surface area contributed by atoms with E-state index in [0.717, 1.165) is 10.9 Å². The lowest BCUT2D eigenvalue weighted by Crippen LogP contribution is -2.26. The van der Waals surface area contributed by atoms with Gasteiger partial charge in [0.2, 0.25) is 0 Å². The molecule has 16 heavy (non-hydrogen) atoms. The van der Waals surface area contributed by atoms with Crippen molar-refractivity contribution in [1.29, 1.82) is 0 Å². The summed E-state index contributed by atoms with van der Waals surface area (Å²) in [6, 6.07) is 9.67. The highest BCUT2D eigenvalue weighted by Crippen LogP contribution is 2.24. The second-order valence-electron chi connectivity index (χ2n) is 3.78. The molecule has 2 rings (SSSR count). The van der Waals surface area contributed by atoms with Crippen molar-refractivity contribution in [3.8, 4) is 0 Å². The van der Waals surface area contributed by atoms with Gasteiger partial charge in [-0.1, -0.05) is 29.8 Å². The van der Waals surface area contributed by atoms with E-state index in [-0.39, 0.29) is 11.3 Å². The highest BCUT2D eigenvalue weighted by molar-refractivity contribution is 6.41. The zero-order valence-electron chi connectivity index (χ0n) is 9.12. The number of hydrogen-bond donors (Lipinski definition) is 1. The highest BCUT2D eigenvalue weighted by Gasteiger charge is 2.22. The first-order valence-electron chi connectivity index (χ1n) is 4.92. The van der Waals surface area contributed by atoms with Crippen molar-refractivity contribution in [2.45, 2.75) is 0 Å². The molecule has 0 spiro atoms. The number of hydrogen-bond acceptors (Lipinski definition) is 1. The van der Waals surface area contributed by atoms with Gasteiger partial charge >= 0.3 is 0 Å². The molecule has 1 aromatic heterocycles. The Kier molecular flexibility index (Phi) is 2.88. The Hall–Kier alpha value is -1.48. The molecule has 0 aliphatic rings. The Morgan fingerprint density at radius 3 is 2.62 bits per heavy atom. The molecule has 0 fully saturated rings. The maximum atomic E-state index is 11.7. The summed E-state index contributed by atoms with van der Waals surface area (Å²) in [5.41, 5.74) is 1.63. The molecule has 4 heteroatoms. The van der Waals surface area contributed by atoms with Crippen LogP contribution >= 0.6 is 11.6 Å². The number of benzene rings is 1. The number of carbonyl (C=O) groups is 1. The van der Waals surface area contributed by atoms with Crippen molar-refractivity contribution < 1.29 is 4.79 Å². The number of likely N-dealkylation sites (N-methyl/N-ethyl adjacent to an activating group) is 1. The van der Waals surface area contributed by atoms with Crippen molar-refractivity contribution in [3.63, 3.8) is 0 Å². The van der Waals surface area contributed by atoms with Crippen molar-refractivity contribution in [2.24, 2.45) is 0 Å². The molecule has 1 N–H and O–H groups in total. The van der Waals surface area contributed by atoms with Gasteiger partial charge in [-0.15, -0.1) is 0 Å². The van der Waals surface area contributed by atoms with Crippen LogP contribution in [0.2, 0.25) is 0 Å². The van der Waals surface area contributed by atoms with Gasteiger partial charge < -0.3 is 9.88 Å². The van der Waals surface area contributed by atoms with Gasteiger partial charge in [0.25, 0.3) is 5.91 Å². The van der Waals surface area contributed by atoms with Crippen LogP contribution in [0.5, 0.6) is 0 Å². The monoisotopic (exact) mass is 235 g/mol. The zero-order chi connectivity index (χ0) is 11.7. The van der Waals surface area contributed by atoms with Crippen LogP contribution in [0, 0.1) is 5.38 Å². The van der Waals surface area contributed by atoms with Crippen LogP contribution in [0.25, 0.3) is 10.9 Å². The summed E-state index contributed by atoms with van der Waals surface area (Å²) in [7, 11) is 3.35. The largest absolute Gasteiger partial charge is 0.356 e. The molecule has 0 unspecified atom stereocenters. The average molecular weight is 236 g/mol. The van der Waals surface area contributed by atoms with Crippen molar-refractivity contribution in [3.05, 3.63) is 41.4 Å². The van der Waals surface area contributed by atoms with Gasteiger partial charge in [-0.2, -0.15) is 0 Å². The van der Waals surface area contributed by atoms with Gasteiger partial charge in [-0.3, -0.25) is 4.79 Å². The van der Waals surface area contributed by atoms with Gasteiger partial charge in [0.05, 0.1) is 0 Å². The minimum Gasteiger partial charge on any atom is -0.356 e. The number of nitrogens with one attached hydrogen (secondary N) is 1. The first-order chi connectivity index (χ1) is 7.59. The van der Waals surface area contributed by atoms with Gasteiger partial charge in [0.15, 0.2) is 5.38 Å². The van der Waals surface area contributed by atoms with Crippen molar-refractivity contribution in [1.82, 2.24) is 9.88 Å². The second-order valence-corrected chi connectivity index (χ2v) is 4.16. The number of aromatic amines is 1. The summed E-state index contributed by atoms with van der Waals surface area (Å²) in [5.74, 6) is -0.201. The smallest absolute Gasteiger partial charge is 0.252 e. The summed E-state index contributed by atoms with van der Waals surface area (Å²) in [4.78, 5) is 16.2. The molecule has 2 aromatic rings. The summed E-state index contributed by atoms with van der Waals surface area (Å²) in [5, 5.41) is 1.25. The van der Waals surface area contributed by atoms with Crippen LogP contribution < -0.4 is 0 Å². The maximum absolute atomic E-state index is 11.7. The first kappa shape index (κ1) is 11.0. The van der Waals surface area contributed by atoms with Crippen LogP contribution in [0.1, 0.15) is 5.69 Å². The Balaban J connectivity index is 2.37. The summed E-state index contributed by atoms with van der Waals surface area (Å²) < 4.78 is 0. The molecule has 0 saturated carbocycles. The van der Waals surface area contributed by atoms with Crippen LogP contribution in [-0.4, -0.2) is 29.9 Å². The molecule has 1 amide bonds. The lowest BCUT2D eigenvalue weighted by atomic mass is 10.2. The summed E-state index contributed by atoms with van der Waals surface area (Å²) >= 11 is 6.02. The molecule has 83 valence electrons. The second kappa shape index (κ2) is 4.18. The Morgan fingerprint density at radius 2 is 2.00 bits per heavy atom. The fraction of sp³-hybridized carbons (Fsp3) is 0.167. The van der Waals surface area contributed by atoms with E-state index < -0.39 is 0 Å². The van der Waals surface area contributed by atoms with E-state index >= 15 is 0 Å². The maximum Gasteiger partial charge on any atom is 0.252 e. The fourth-order valence-corrected chi connectivity index (χ4v) is 1.77. The molecule has 3 nitrogen and oxygen atoms in total. The van der Waals surface area contributed by atoms with Gasteiger partial charge in [0.1, 0.15) is 0 Å². The minimum atomic E-state index is -0.201. The molecule has 0 saturated heterocycles. The van der Waals surface area contributed by atoms with E-state index in [1.165, 1.54) is 4.90 Å². The fourth-order valence-electron chi connectivity index (χ4n) is 1.50. The van der Waals surface area contributed by atoms with Crippen molar-refractivity contribution >= 4 is 28.4 Å². The molecule has 1 radical (unpaired) electrons. The molecular weight excluding hydrogens is 224 g/mol. The molecule has 0 aliphatic carbocycles. The number of carbonyl (C=O) groups excluding carboxylic acids is 1. The number of nitrogens with zero attached hydrogens (tertiary/aromatic N) is 1. The van der Waals surface area contributed by atoms with Gasteiger partial charge in [0, 0.05) is 25.3 Å². The van der Waals surface area contributed by atoms with E-state index in [1.807, 2.05) is 30.3 Å². The Bertz CT molecular complexity index is 485. The predicted octanol–water partition coefficient (Wildman–Crippen LogP) is 2.37. The van der Waals surface area contributed by atoms with E-state index in [0.29, 0.717) is 5.69 Å². The highest BCUT2D eigenvalue weighted by atomic mass is 35.5. The summed E-state index contributed by atoms with van der Waals surface area (Å²) in [6.07, 6.45) is 0. The number of fused-ring (bicyclic) bond motifs is 1. The Labute approximate surface area is 99.0 Å². The molecule has 0 bridgehead atoms. The number of aromatic nitrogens is 1. The molecule has 0 aliphatic heterocycles.